The zero-order chi connectivity index (χ0) is 19.7. The second-order valence-corrected chi connectivity index (χ2v) is 6.68. The second-order valence-electron chi connectivity index (χ2n) is 5.82. The number of ether oxygens (including phenoxy) is 1. The number of non-ortho nitro benzene ring substituents is 1. The van der Waals surface area contributed by atoms with Gasteiger partial charge in [0.2, 0.25) is 5.90 Å². The van der Waals surface area contributed by atoms with E-state index in [1.54, 1.807) is 30.3 Å². The normalized spacial score (nSPS) is 14.8. The zero-order valence-electron chi connectivity index (χ0n) is 14.2. The summed E-state index contributed by atoms with van der Waals surface area (Å²) in [5, 5.41) is 10.7. The number of cyclic esters (lactones) is 1. The summed E-state index contributed by atoms with van der Waals surface area (Å²) in [7, 11) is 0. The number of carbonyl (C=O) groups is 1. The molecular formula is C20H11BrN2O5. The standard InChI is InChI=1S/C20H11BrN2O5/c21-16-4-2-1-3-15(16)19-22-17(20(24)28-19)11-14-9-10-18(27-14)12-5-7-13(8-6-12)23(25)26/h1-11H/b17-11-. The van der Waals surface area contributed by atoms with Gasteiger partial charge in [-0.05, 0) is 52.3 Å². The highest BCUT2D eigenvalue weighted by Gasteiger charge is 2.25. The number of furan rings is 1. The zero-order valence-corrected chi connectivity index (χ0v) is 15.8. The summed E-state index contributed by atoms with van der Waals surface area (Å²) in [5.41, 5.74) is 1.47. The molecule has 28 heavy (non-hydrogen) atoms. The molecule has 0 fully saturated rings. The minimum Gasteiger partial charge on any atom is -0.457 e. The molecule has 0 spiro atoms. The van der Waals surface area contributed by atoms with Crippen LogP contribution in [0.4, 0.5) is 5.69 Å². The number of nitro benzene ring substituents is 1. The molecule has 1 aliphatic heterocycles. The molecule has 0 bridgehead atoms. The van der Waals surface area contributed by atoms with Gasteiger partial charge in [0.1, 0.15) is 11.5 Å². The van der Waals surface area contributed by atoms with Crippen LogP contribution in [0.25, 0.3) is 17.4 Å². The van der Waals surface area contributed by atoms with E-state index in [0.29, 0.717) is 22.6 Å². The molecule has 2 aromatic carbocycles. The van der Waals surface area contributed by atoms with Crippen LogP contribution in [0.3, 0.4) is 0 Å². The molecule has 4 rings (SSSR count). The van der Waals surface area contributed by atoms with Crippen molar-refractivity contribution in [1.29, 1.82) is 0 Å². The quantitative estimate of drug-likeness (QED) is 0.248. The number of rotatable bonds is 4. The van der Waals surface area contributed by atoms with Crippen LogP contribution >= 0.6 is 15.9 Å². The fraction of sp³-hybridized carbons (Fsp3) is 0. The van der Waals surface area contributed by atoms with E-state index in [2.05, 4.69) is 20.9 Å². The van der Waals surface area contributed by atoms with Crippen molar-refractivity contribution < 1.29 is 18.9 Å². The lowest BCUT2D eigenvalue weighted by molar-refractivity contribution is -0.384. The van der Waals surface area contributed by atoms with Gasteiger partial charge in [-0.2, -0.15) is 0 Å². The first-order chi connectivity index (χ1) is 13.5. The number of hydrogen-bond acceptors (Lipinski definition) is 6. The van der Waals surface area contributed by atoms with Crippen LogP contribution in [-0.2, 0) is 9.53 Å². The first-order valence-electron chi connectivity index (χ1n) is 8.13. The maximum Gasteiger partial charge on any atom is 0.363 e. The van der Waals surface area contributed by atoms with Crippen molar-refractivity contribution in [2.45, 2.75) is 0 Å². The SMILES string of the molecule is O=C1OC(c2ccccc2Br)=N/C1=C\c1ccc(-c2ccc([N+](=O)[O-])cc2)o1. The van der Waals surface area contributed by atoms with Crippen molar-refractivity contribution in [3.05, 3.63) is 92.3 Å². The Morgan fingerprint density at radius 1 is 1.04 bits per heavy atom. The highest BCUT2D eigenvalue weighted by molar-refractivity contribution is 9.10. The van der Waals surface area contributed by atoms with Gasteiger partial charge in [0.05, 0.1) is 10.5 Å². The molecule has 0 saturated heterocycles. The van der Waals surface area contributed by atoms with Crippen molar-refractivity contribution >= 4 is 39.6 Å². The number of nitrogens with zero attached hydrogens (tertiary/aromatic N) is 2. The predicted octanol–water partition coefficient (Wildman–Crippen LogP) is 4.96. The fourth-order valence-corrected chi connectivity index (χ4v) is 3.08. The average molecular weight is 439 g/mol. The molecule has 0 aliphatic carbocycles. The van der Waals surface area contributed by atoms with Crippen LogP contribution in [0.1, 0.15) is 11.3 Å². The molecule has 0 atom stereocenters. The van der Waals surface area contributed by atoms with Gasteiger partial charge in [0.25, 0.3) is 5.69 Å². The number of esters is 1. The smallest absolute Gasteiger partial charge is 0.363 e. The molecule has 0 N–H and O–H groups in total. The van der Waals surface area contributed by atoms with Crippen molar-refractivity contribution in [3.63, 3.8) is 0 Å². The molecule has 0 saturated carbocycles. The summed E-state index contributed by atoms with van der Waals surface area (Å²) in [5.74, 6) is 0.575. The summed E-state index contributed by atoms with van der Waals surface area (Å²) in [6.45, 7) is 0. The highest BCUT2D eigenvalue weighted by Crippen LogP contribution is 2.27. The number of nitro groups is 1. The lowest BCUT2D eigenvalue weighted by Crippen LogP contribution is -2.05. The van der Waals surface area contributed by atoms with Crippen LogP contribution in [-0.4, -0.2) is 16.8 Å². The van der Waals surface area contributed by atoms with Crippen LogP contribution in [0.5, 0.6) is 0 Å². The molecule has 8 heteroatoms. The van der Waals surface area contributed by atoms with E-state index >= 15 is 0 Å². The van der Waals surface area contributed by atoms with Crippen LogP contribution in [0.2, 0.25) is 0 Å². The molecule has 7 nitrogen and oxygen atoms in total. The maximum absolute atomic E-state index is 12.1. The number of carbonyl (C=O) groups excluding carboxylic acids is 1. The minimum atomic E-state index is -0.570. The van der Waals surface area contributed by atoms with Gasteiger partial charge in [0, 0.05) is 28.2 Å². The van der Waals surface area contributed by atoms with Crippen molar-refractivity contribution in [2.24, 2.45) is 4.99 Å². The Morgan fingerprint density at radius 3 is 2.50 bits per heavy atom. The third-order valence-electron chi connectivity index (χ3n) is 3.99. The van der Waals surface area contributed by atoms with E-state index in [9.17, 15) is 14.9 Å². The number of benzene rings is 2. The molecule has 1 aromatic heterocycles. The van der Waals surface area contributed by atoms with Gasteiger partial charge >= 0.3 is 5.97 Å². The summed E-state index contributed by atoms with van der Waals surface area (Å²) >= 11 is 3.40. The van der Waals surface area contributed by atoms with Crippen molar-refractivity contribution in [3.8, 4) is 11.3 Å². The maximum atomic E-state index is 12.1. The van der Waals surface area contributed by atoms with Crippen molar-refractivity contribution in [1.82, 2.24) is 0 Å². The lowest BCUT2D eigenvalue weighted by Gasteiger charge is -2.01. The Labute approximate surface area is 167 Å². The number of hydrogen-bond donors (Lipinski definition) is 0. The molecule has 138 valence electrons. The van der Waals surface area contributed by atoms with E-state index < -0.39 is 10.9 Å². The van der Waals surface area contributed by atoms with Gasteiger partial charge in [-0.3, -0.25) is 10.1 Å². The molecule has 1 aliphatic rings. The highest BCUT2D eigenvalue weighted by atomic mass is 79.9. The summed E-state index contributed by atoms with van der Waals surface area (Å²) in [4.78, 5) is 26.7. The predicted molar refractivity (Wildman–Crippen MR) is 106 cm³/mol. The molecule has 0 radical (unpaired) electrons. The van der Waals surface area contributed by atoms with Gasteiger partial charge in [-0.15, -0.1) is 0 Å². The average Bonchev–Trinajstić information content (AvgIpc) is 3.30. The number of halogens is 1. The summed E-state index contributed by atoms with van der Waals surface area (Å²) in [6, 6.07) is 16.7. The van der Waals surface area contributed by atoms with Crippen LogP contribution in [0, 0.1) is 10.1 Å². The third-order valence-corrected chi connectivity index (χ3v) is 4.68. The largest absolute Gasteiger partial charge is 0.457 e. The fourth-order valence-electron chi connectivity index (χ4n) is 2.63. The van der Waals surface area contributed by atoms with Gasteiger partial charge < -0.3 is 9.15 Å². The van der Waals surface area contributed by atoms with E-state index in [4.69, 9.17) is 9.15 Å². The summed E-state index contributed by atoms with van der Waals surface area (Å²) < 4.78 is 11.7. The van der Waals surface area contributed by atoms with Gasteiger partial charge in [-0.1, -0.05) is 12.1 Å². The Hall–Kier alpha value is -3.52. The van der Waals surface area contributed by atoms with E-state index in [0.717, 1.165) is 4.47 Å². The Balaban J connectivity index is 1.60. The molecule has 3 aromatic rings. The second kappa shape index (κ2) is 7.24. The summed E-state index contributed by atoms with van der Waals surface area (Å²) in [6.07, 6.45) is 1.49. The monoisotopic (exact) mass is 438 g/mol. The Bertz CT molecular complexity index is 1150. The van der Waals surface area contributed by atoms with Crippen LogP contribution in [0.15, 0.2) is 80.2 Å². The topological polar surface area (TPSA) is 94.9 Å². The third kappa shape index (κ3) is 3.49. The van der Waals surface area contributed by atoms with Crippen LogP contribution < -0.4 is 0 Å². The van der Waals surface area contributed by atoms with E-state index in [1.165, 1.54) is 18.2 Å². The van der Waals surface area contributed by atoms with Gasteiger partial charge in [-0.25, -0.2) is 9.79 Å². The van der Waals surface area contributed by atoms with Crippen molar-refractivity contribution in [2.75, 3.05) is 0 Å². The molecule has 2 heterocycles. The first-order valence-corrected chi connectivity index (χ1v) is 8.93. The van der Waals surface area contributed by atoms with Gasteiger partial charge in [0.15, 0.2) is 5.70 Å². The molecule has 0 amide bonds. The van der Waals surface area contributed by atoms with E-state index in [-0.39, 0.29) is 17.3 Å². The lowest BCUT2D eigenvalue weighted by atomic mass is 10.1. The Kier molecular flexibility index (Phi) is 4.62. The first kappa shape index (κ1) is 17.9. The number of aliphatic imine (C=N–C) groups is 1. The Morgan fingerprint density at radius 2 is 1.79 bits per heavy atom. The van der Waals surface area contributed by atoms with E-state index in [1.807, 2.05) is 18.2 Å². The minimum absolute atomic E-state index is 0.000267. The molecular weight excluding hydrogens is 428 g/mol. The molecule has 0 unspecified atom stereocenters.